The third-order valence-electron chi connectivity index (χ3n) is 2.81. The van der Waals surface area contributed by atoms with Gasteiger partial charge in [0.05, 0.1) is 0 Å². The predicted molar refractivity (Wildman–Crippen MR) is 44.6 cm³/mol. The summed E-state index contributed by atoms with van der Waals surface area (Å²) < 4.78 is 0. The van der Waals surface area contributed by atoms with Crippen LogP contribution >= 0.6 is 0 Å². The van der Waals surface area contributed by atoms with Crippen LogP contribution in [0.15, 0.2) is 12.2 Å². The topological polar surface area (TPSA) is 34.1 Å². The van der Waals surface area contributed by atoms with Gasteiger partial charge >= 0.3 is 0 Å². The highest BCUT2D eigenvalue weighted by Crippen LogP contribution is 2.28. The van der Waals surface area contributed by atoms with Gasteiger partial charge in [-0.15, -0.1) is 0 Å². The van der Waals surface area contributed by atoms with Gasteiger partial charge < -0.3 is 0 Å². The monoisotopic (exact) mass is 164 g/mol. The highest BCUT2D eigenvalue weighted by molar-refractivity contribution is 5.89. The summed E-state index contributed by atoms with van der Waals surface area (Å²) >= 11 is 0. The molecule has 0 unspecified atom stereocenters. The molecule has 2 aliphatic carbocycles. The van der Waals surface area contributed by atoms with Crippen LogP contribution in [-0.4, -0.2) is 11.6 Å². The Hall–Kier alpha value is -0.920. The third-order valence-corrected chi connectivity index (χ3v) is 2.81. The average molecular weight is 164 g/mol. The standard InChI is InChI=1S/C10H12O2/c11-9-6-4-8-2-1-7(9)3-5-10(8)12/h1-2,7-8H,3-6H2/t7-,8-/m0/s1. The molecule has 2 bridgehead atoms. The minimum atomic E-state index is 0.0430. The quantitative estimate of drug-likeness (QED) is 0.508. The van der Waals surface area contributed by atoms with Crippen LogP contribution in [0.2, 0.25) is 0 Å². The predicted octanol–water partition coefficient (Wildman–Crippen LogP) is 1.50. The summed E-state index contributed by atoms with van der Waals surface area (Å²) in [5, 5.41) is 0. The lowest BCUT2D eigenvalue weighted by atomic mass is 9.89. The third kappa shape index (κ3) is 1.22. The van der Waals surface area contributed by atoms with Crippen LogP contribution in [0.1, 0.15) is 25.7 Å². The summed E-state index contributed by atoms with van der Waals surface area (Å²) in [4.78, 5) is 22.7. The summed E-state index contributed by atoms with van der Waals surface area (Å²) in [6, 6.07) is 0. The maximum Gasteiger partial charge on any atom is 0.139 e. The molecule has 0 saturated carbocycles. The van der Waals surface area contributed by atoms with Gasteiger partial charge in [0.1, 0.15) is 11.6 Å². The van der Waals surface area contributed by atoms with Crippen molar-refractivity contribution in [2.45, 2.75) is 25.7 Å². The first-order valence-electron chi connectivity index (χ1n) is 4.51. The van der Waals surface area contributed by atoms with Crippen molar-refractivity contribution in [3.8, 4) is 0 Å². The molecule has 0 fully saturated rings. The molecule has 0 N–H and O–H groups in total. The van der Waals surface area contributed by atoms with E-state index >= 15 is 0 Å². The summed E-state index contributed by atoms with van der Waals surface area (Å²) in [7, 11) is 0. The van der Waals surface area contributed by atoms with E-state index in [9.17, 15) is 9.59 Å². The first-order chi connectivity index (χ1) is 5.77. The Balaban J connectivity index is 2.27. The van der Waals surface area contributed by atoms with Gasteiger partial charge in [-0.25, -0.2) is 0 Å². The number of rotatable bonds is 0. The Morgan fingerprint density at radius 2 is 1.33 bits per heavy atom. The van der Waals surface area contributed by atoms with Crippen molar-refractivity contribution >= 4 is 11.6 Å². The Morgan fingerprint density at radius 3 is 1.75 bits per heavy atom. The zero-order chi connectivity index (χ0) is 8.55. The fraction of sp³-hybridized carbons (Fsp3) is 0.600. The van der Waals surface area contributed by atoms with Crippen LogP contribution in [0.4, 0.5) is 0 Å². The molecular weight excluding hydrogens is 152 g/mol. The summed E-state index contributed by atoms with van der Waals surface area (Å²) in [6.07, 6.45) is 6.54. The van der Waals surface area contributed by atoms with Gasteiger partial charge in [-0.1, -0.05) is 12.2 Å². The van der Waals surface area contributed by atoms with Gasteiger partial charge in [-0.2, -0.15) is 0 Å². The molecule has 64 valence electrons. The molecule has 0 spiro atoms. The largest absolute Gasteiger partial charge is 0.299 e. The second kappa shape index (κ2) is 2.85. The van der Waals surface area contributed by atoms with E-state index in [1.165, 1.54) is 0 Å². The van der Waals surface area contributed by atoms with Gasteiger partial charge in [-0.05, 0) is 12.8 Å². The fourth-order valence-corrected chi connectivity index (χ4v) is 1.96. The molecule has 12 heavy (non-hydrogen) atoms. The molecule has 0 saturated heterocycles. The van der Waals surface area contributed by atoms with E-state index in [-0.39, 0.29) is 11.8 Å². The molecule has 2 nitrogen and oxygen atoms in total. The lowest BCUT2D eigenvalue weighted by Crippen LogP contribution is -2.18. The van der Waals surface area contributed by atoms with Crippen molar-refractivity contribution in [3.63, 3.8) is 0 Å². The highest BCUT2D eigenvalue weighted by atomic mass is 16.1. The smallest absolute Gasteiger partial charge is 0.139 e. The van der Waals surface area contributed by atoms with E-state index in [0.29, 0.717) is 24.4 Å². The van der Waals surface area contributed by atoms with Crippen molar-refractivity contribution in [1.29, 1.82) is 0 Å². The van der Waals surface area contributed by atoms with Gasteiger partial charge in [0.25, 0.3) is 0 Å². The van der Waals surface area contributed by atoms with E-state index in [0.717, 1.165) is 12.8 Å². The number of allylic oxidation sites excluding steroid dienone is 2. The molecule has 0 aromatic rings. The maximum absolute atomic E-state index is 11.4. The Bertz CT molecular complexity index is 227. The molecular formula is C10H12O2. The van der Waals surface area contributed by atoms with Gasteiger partial charge in [0.15, 0.2) is 0 Å². The Morgan fingerprint density at radius 1 is 0.917 bits per heavy atom. The van der Waals surface area contributed by atoms with Crippen molar-refractivity contribution in [1.82, 2.24) is 0 Å². The molecule has 0 amide bonds. The number of carbonyl (C=O) groups is 2. The van der Waals surface area contributed by atoms with Gasteiger partial charge in [0.2, 0.25) is 0 Å². The van der Waals surface area contributed by atoms with Crippen LogP contribution in [-0.2, 0) is 9.59 Å². The number of fused-ring (bicyclic) bond motifs is 2. The first-order valence-corrected chi connectivity index (χ1v) is 4.51. The van der Waals surface area contributed by atoms with Crippen molar-refractivity contribution < 1.29 is 9.59 Å². The number of Topliss-reactive ketones (excluding diaryl/α,β-unsaturated/α-hetero) is 2. The minimum absolute atomic E-state index is 0.0430. The zero-order valence-electron chi connectivity index (χ0n) is 6.95. The maximum atomic E-state index is 11.4. The SMILES string of the molecule is O=C1CC[C@@H]2C=C[C@H]1CCC2=O. The summed E-state index contributed by atoms with van der Waals surface area (Å²) in [5.74, 6) is 0.727. The highest BCUT2D eigenvalue weighted by Gasteiger charge is 2.28. The molecule has 2 atom stereocenters. The number of hydrogen-bond donors (Lipinski definition) is 0. The molecule has 0 radical (unpaired) electrons. The van der Waals surface area contributed by atoms with E-state index in [4.69, 9.17) is 0 Å². The van der Waals surface area contributed by atoms with E-state index in [1.54, 1.807) is 0 Å². The Kier molecular flexibility index (Phi) is 1.83. The molecule has 2 aliphatic rings. The first kappa shape index (κ1) is 7.71. The van der Waals surface area contributed by atoms with E-state index < -0.39 is 0 Å². The second-order valence-electron chi connectivity index (χ2n) is 3.61. The van der Waals surface area contributed by atoms with Crippen LogP contribution < -0.4 is 0 Å². The number of hydrogen-bond acceptors (Lipinski definition) is 2. The molecule has 0 heterocycles. The number of ketones is 2. The lowest BCUT2D eigenvalue weighted by Gasteiger charge is -2.13. The van der Waals surface area contributed by atoms with Crippen molar-refractivity contribution in [2.24, 2.45) is 11.8 Å². The van der Waals surface area contributed by atoms with E-state index in [1.807, 2.05) is 12.2 Å². The average Bonchev–Trinajstić information content (AvgIpc) is 2.33. The molecule has 0 aliphatic heterocycles. The van der Waals surface area contributed by atoms with E-state index in [2.05, 4.69) is 0 Å². The van der Waals surface area contributed by atoms with Gasteiger partial charge in [0, 0.05) is 24.7 Å². The molecule has 0 aromatic heterocycles. The van der Waals surface area contributed by atoms with Crippen LogP contribution in [0.5, 0.6) is 0 Å². The summed E-state index contributed by atoms with van der Waals surface area (Å²) in [5.41, 5.74) is 0. The van der Waals surface area contributed by atoms with Crippen molar-refractivity contribution in [3.05, 3.63) is 12.2 Å². The second-order valence-corrected chi connectivity index (χ2v) is 3.61. The fourth-order valence-electron chi connectivity index (χ4n) is 1.96. The Labute approximate surface area is 71.6 Å². The van der Waals surface area contributed by atoms with Crippen LogP contribution in [0, 0.1) is 11.8 Å². The van der Waals surface area contributed by atoms with Crippen LogP contribution in [0.3, 0.4) is 0 Å². The zero-order valence-corrected chi connectivity index (χ0v) is 6.95. The lowest BCUT2D eigenvalue weighted by molar-refractivity contribution is -0.125. The summed E-state index contributed by atoms with van der Waals surface area (Å²) in [6.45, 7) is 0. The molecule has 0 aromatic carbocycles. The number of carbonyl (C=O) groups excluding carboxylic acids is 2. The normalized spacial score (nSPS) is 35.0. The van der Waals surface area contributed by atoms with Crippen LogP contribution in [0.25, 0.3) is 0 Å². The van der Waals surface area contributed by atoms with Gasteiger partial charge in [-0.3, -0.25) is 9.59 Å². The molecule has 2 heteroatoms. The molecule has 2 rings (SSSR count). The minimum Gasteiger partial charge on any atom is -0.299 e. The van der Waals surface area contributed by atoms with Crippen molar-refractivity contribution in [2.75, 3.05) is 0 Å².